The fraction of sp³-hybridized carbons (Fsp3) is 0.176. The van der Waals surface area contributed by atoms with E-state index in [9.17, 15) is 0 Å². The van der Waals surface area contributed by atoms with Gasteiger partial charge in [-0.15, -0.1) is 0 Å². The van der Waals surface area contributed by atoms with E-state index in [4.69, 9.17) is 4.52 Å². The van der Waals surface area contributed by atoms with Crippen LogP contribution < -0.4 is 5.32 Å². The van der Waals surface area contributed by atoms with E-state index < -0.39 is 0 Å². The molecule has 0 bridgehead atoms. The van der Waals surface area contributed by atoms with Crippen molar-refractivity contribution in [1.82, 2.24) is 10.1 Å². The summed E-state index contributed by atoms with van der Waals surface area (Å²) in [6.45, 7) is 2.64. The lowest BCUT2D eigenvalue weighted by atomic mass is 10.1. The predicted molar refractivity (Wildman–Crippen MR) is 90.6 cm³/mol. The molecule has 0 fully saturated rings. The molecule has 0 saturated heterocycles. The largest absolute Gasteiger partial charge is 0.376 e. The number of anilines is 1. The fourth-order valence-electron chi connectivity index (χ4n) is 2.08. The maximum Gasteiger partial charge on any atom is 0.246 e. The Morgan fingerprint density at radius 1 is 1.05 bits per heavy atom. The molecular formula is C17H16BrN3O. The van der Waals surface area contributed by atoms with E-state index in [0.29, 0.717) is 18.3 Å². The quantitative estimate of drug-likeness (QED) is 0.720. The van der Waals surface area contributed by atoms with Gasteiger partial charge in [0.15, 0.2) is 0 Å². The number of aryl methyl sites for hydroxylation is 1. The SMILES string of the molecule is CCc1ccc(-c2noc(CNc3ccc(Br)cc3)n2)cc1. The third-order valence-electron chi connectivity index (χ3n) is 3.38. The van der Waals surface area contributed by atoms with Crippen LogP contribution in [0, 0.1) is 0 Å². The van der Waals surface area contributed by atoms with E-state index >= 15 is 0 Å². The normalized spacial score (nSPS) is 10.6. The molecule has 0 aliphatic carbocycles. The average Bonchev–Trinajstić information content (AvgIpc) is 3.03. The third kappa shape index (κ3) is 3.54. The van der Waals surface area contributed by atoms with Crippen molar-refractivity contribution >= 4 is 21.6 Å². The summed E-state index contributed by atoms with van der Waals surface area (Å²) < 4.78 is 6.34. The first-order valence-corrected chi connectivity index (χ1v) is 7.95. The van der Waals surface area contributed by atoms with Gasteiger partial charge >= 0.3 is 0 Å². The molecule has 1 N–H and O–H groups in total. The summed E-state index contributed by atoms with van der Waals surface area (Å²) in [6.07, 6.45) is 1.02. The Morgan fingerprint density at radius 2 is 1.77 bits per heavy atom. The summed E-state index contributed by atoms with van der Waals surface area (Å²) >= 11 is 3.41. The second kappa shape index (κ2) is 6.75. The highest BCUT2D eigenvalue weighted by molar-refractivity contribution is 9.10. The Morgan fingerprint density at radius 3 is 2.45 bits per heavy atom. The van der Waals surface area contributed by atoms with Gasteiger partial charge in [0.2, 0.25) is 11.7 Å². The third-order valence-corrected chi connectivity index (χ3v) is 3.91. The van der Waals surface area contributed by atoms with E-state index in [-0.39, 0.29) is 0 Å². The van der Waals surface area contributed by atoms with Crippen LogP contribution in [-0.4, -0.2) is 10.1 Å². The minimum absolute atomic E-state index is 0.502. The standard InChI is InChI=1S/C17H16BrN3O/c1-2-12-3-5-13(6-4-12)17-20-16(22-21-17)11-19-15-9-7-14(18)8-10-15/h3-10,19H,2,11H2,1H3. The smallest absolute Gasteiger partial charge is 0.246 e. The number of aromatic nitrogens is 2. The molecule has 112 valence electrons. The lowest BCUT2D eigenvalue weighted by Crippen LogP contribution is -1.99. The minimum atomic E-state index is 0.502. The van der Waals surface area contributed by atoms with E-state index in [2.05, 4.69) is 50.4 Å². The van der Waals surface area contributed by atoms with Gasteiger partial charge in [-0.3, -0.25) is 0 Å². The highest BCUT2D eigenvalue weighted by atomic mass is 79.9. The van der Waals surface area contributed by atoms with Crippen molar-refractivity contribution < 1.29 is 4.52 Å². The van der Waals surface area contributed by atoms with Gasteiger partial charge in [-0.2, -0.15) is 4.98 Å². The van der Waals surface area contributed by atoms with Gasteiger partial charge in [0.25, 0.3) is 0 Å². The van der Waals surface area contributed by atoms with Crippen LogP contribution in [0.1, 0.15) is 18.4 Å². The summed E-state index contributed by atoms with van der Waals surface area (Å²) in [4.78, 5) is 4.42. The monoisotopic (exact) mass is 357 g/mol. The molecule has 0 aliphatic heterocycles. The number of rotatable bonds is 5. The number of halogens is 1. The number of hydrogen-bond acceptors (Lipinski definition) is 4. The van der Waals surface area contributed by atoms with Crippen molar-refractivity contribution in [2.45, 2.75) is 19.9 Å². The number of hydrogen-bond donors (Lipinski definition) is 1. The zero-order chi connectivity index (χ0) is 15.4. The molecule has 3 aromatic rings. The topological polar surface area (TPSA) is 51.0 Å². The first-order chi connectivity index (χ1) is 10.7. The maximum atomic E-state index is 5.29. The first-order valence-electron chi connectivity index (χ1n) is 7.16. The molecule has 0 radical (unpaired) electrons. The summed E-state index contributed by atoms with van der Waals surface area (Å²) in [5.41, 5.74) is 3.27. The molecule has 22 heavy (non-hydrogen) atoms. The van der Waals surface area contributed by atoms with Crippen LogP contribution in [0.5, 0.6) is 0 Å². The molecule has 0 saturated carbocycles. The molecule has 1 aromatic heterocycles. The second-order valence-electron chi connectivity index (χ2n) is 4.92. The Bertz CT molecular complexity index is 735. The molecule has 3 rings (SSSR count). The van der Waals surface area contributed by atoms with Gasteiger partial charge in [-0.05, 0) is 36.2 Å². The van der Waals surface area contributed by atoms with Crippen molar-refractivity contribution in [3.05, 3.63) is 64.5 Å². The highest BCUT2D eigenvalue weighted by Crippen LogP contribution is 2.18. The van der Waals surface area contributed by atoms with Gasteiger partial charge < -0.3 is 9.84 Å². The first kappa shape index (κ1) is 14.8. The Balaban J connectivity index is 1.66. The summed E-state index contributed by atoms with van der Waals surface area (Å²) in [7, 11) is 0. The van der Waals surface area contributed by atoms with E-state index in [1.54, 1.807) is 0 Å². The summed E-state index contributed by atoms with van der Waals surface area (Å²) in [5, 5.41) is 7.29. The summed E-state index contributed by atoms with van der Waals surface area (Å²) in [5.74, 6) is 1.19. The fourth-order valence-corrected chi connectivity index (χ4v) is 2.34. The second-order valence-corrected chi connectivity index (χ2v) is 5.84. The summed E-state index contributed by atoms with van der Waals surface area (Å²) in [6, 6.07) is 16.2. The Kier molecular flexibility index (Phi) is 4.53. The van der Waals surface area contributed by atoms with Crippen molar-refractivity contribution in [3.8, 4) is 11.4 Å². The zero-order valence-electron chi connectivity index (χ0n) is 12.2. The molecule has 0 spiro atoms. The lowest BCUT2D eigenvalue weighted by Gasteiger charge is -2.02. The van der Waals surface area contributed by atoms with Crippen LogP contribution >= 0.6 is 15.9 Å². The van der Waals surface area contributed by atoms with Crippen LogP contribution in [0.3, 0.4) is 0 Å². The molecule has 0 unspecified atom stereocenters. The molecule has 0 amide bonds. The molecule has 5 heteroatoms. The average molecular weight is 358 g/mol. The van der Waals surface area contributed by atoms with Crippen molar-refractivity contribution in [2.24, 2.45) is 0 Å². The number of nitrogens with zero attached hydrogens (tertiary/aromatic N) is 2. The van der Waals surface area contributed by atoms with Crippen LogP contribution in [0.4, 0.5) is 5.69 Å². The Labute approximate surface area is 137 Å². The van der Waals surface area contributed by atoms with E-state index in [1.807, 2.05) is 36.4 Å². The minimum Gasteiger partial charge on any atom is -0.376 e. The highest BCUT2D eigenvalue weighted by Gasteiger charge is 2.08. The lowest BCUT2D eigenvalue weighted by molar-refractivity contribution is 0.384. The van der Waals surface area contributed by atoms with E-state index in [1.165, 1.54) is 5.56 Å². The van der Waals surface area contributed by atoms with E-state index in [0.717, 1.165) is 22.1 Å². The molecule has 0 atom stereocenters. The molecule has 4 nitrogen and oxygen atoms in total. The molecular weight excluding hydrogens is 342 g/mol. The van der Waals surface area contributed by atoms with Gasteiger partial charge in [0.05, 0.1) is 6.54 Å². The predicted octanol–water partition coefficient (Wildman–Crippen LogP) is 4.67. The van der Waals surface area contributed by atoms with Crippen molar-refractivity contribution in [2.75, 3.05) is 5.32 Å². The van der Waals surface area contributed by atoms with Crippen LogP contribution in [0.25, 0.3) is 11.4 Å². The van der Waals surface area contributed by atoms with Gasteiger partial charge in [-0.1, -0.05) is 52.3 Å². The van der Waals surface area contributed by atoms with Gasteiger partial charge in [0, 0.05) is 15.7 Å². The Hall–Kier alpha value is -2.14. The number of nitrogens with one attached hydrogen (secondary N) is 1. The van der Waals surface area contributed by atoms with Gasteiger partial charge in [-0.25, -0.2) is 0 Å². The molecule has 1 heterocycles. The van der Waals surface area contributed by atoms with Crippen LogP contribution in [0.2, 0.25) is 0 Å². The van der Waals surface area contributed by atoms with Crippen molar-refractivity contribution in [3.63, 3.8) is 0 Å². The van der Waals surface area contributed by atoms with Crippen molar-refractivity contribution in [1.29, 1.82) is 0 Å². The number of benzene rings is 2. The van der Waals surface area contributed by atoms with Gasteiger partial charge in [0.1, 0.15) is 0 Å². The van der Waals surface area contributed by atoms with Crippen LogP contribution in [0.15, 0.2) is 57.5 Å². The van der Waals surface area contributed by atoms with Crippen LogP contribution in [-0.2, 0) is 13.0 Å². The molecule has 0 aliphatic rings. The maximum absolute atomic E-state index is 5.29. The zero-order valence-corrected chi connectivity index (χ0v) is 13.8. The molecule has 2 aromatic carbocycles.